The molecule has 0 aliphatic carbocycles. The highest BCUT2D eigenvalue weighted by Crippen LogP contribution is 2.22. The quantitative estimate of drug-likeness (QED) is 0.714. The average molecular weight is 265 g/mol. The van der Waals surface area contributed by atoms with Crippen molar-refractivity contribution >= 4 is 0 Å². The summed E-state index contributed by atoms with van der Waals surface area (Å²) in [6.45, 7) is 6.04. The number of nitrogens with one attached hydrogen (secondary N) is 1. The van der Waals surface area contributed by atoms with Crippen LogP contribution in [-0.2, 0) is 0 Å². The van der Waals surface area contributed by atoms with Crippen molar-refractivity contribution in [2.75, 3.05) is 0 Å². The van der Waals surface area contributed by atoms with Gasteiger partial charge in [-0.3, -0.25) is 0 Å². The lowest BCUT2D eigenvalue weighted by Crippen LogP contribution is -2.31. The predicted molar refractivity (Wildman–Crippen MR) is 86.8 cm³/mol. The van der Waals surface area contributed by atoms with Crippen LogP contribution in [0.2, 0.25) is 0 Å². The Hall–Kier alpha value is -1.86. The first kappa shape index (κ1) is 14.5. The van der Waals surface area contributed by atoms with Gasteiger partial charge in [-0.2, -0.15) is 0 Å². The van der Waals surface area contributed by atoms with Crippen molar-refractivity contribution in [2.24, 2.45) is 0 Å². The maximum Gasteiger partial charge on any atom is 0.0578 e. The van der Waals surface area contributed by atoms with Crippen molar-refractivity contribution in [1.29, 1.82) is 0 Å². The molecule has 0 bridgehead atoms. The first-order chi connectivity index (χ1) is 9.81. The Morgan fingerprint density at radius 3 is 1.90 bits per heavy atom. The summed E-state index contributed by atoms with van der Waals surface area (Å²) in [4.78, 5) is 0. The maximum absolute atomic E-state index is 3.80. The third-order valence-electron chi connectivity index (χ3n) is 3.52. The second kappa shape index (κ2) is 7.66. The molecule has 2 rings (SSSR count). The smallest absolute Gasteiger partial charge is 0.0578 e. The summed E-state index contributed by atoms with van der Waals surface area (Å²) in [6.07, 6.45) is 4.14. The summed E-state index contributed by atoms with van der Waals surface area (Å²) >= 11 is 0. The van der Waals surface area contributed by atoms with Crippen LogP contribution < -0.4 is 5.32 Å². The van der Waals surface area contributed by atoms with E-state index in [-0.39, 0.29) is 6.04 Å². The molecular weight excluding hydrogens is 242 g/mol. The lowest BCUT2D eigenvalue weighted by molar-refractivity contribution is 0.475. The Morgan fingerprint density at radius 1 is 0.950 bits per heavy atom. The Kier molecular flexibility index (Phi) is 5.57. The fourth-order valence-corrected chi connectivity index (χ4v) is 2.41. The fourth-order valence-electron chi connectivity index (χ4n) is 2.41. The van der Waals surface area contributed by atoms with Crippen molar-refractivity contribution in [2.45, 2.75) is 31.8 Å². The molecule has 0 amide bonds. The van der Waals surface area contributed by atoms with Crippen LogP contribution in [0.4, 0.5) is 0 Å². The van der Waals surface area contributed by atoms with Crippen LogP contribution in [0.5, 0.6) is 0 Å². The summed E-state index contributed by atoms with van der Waals surface area (Å²) in [7, 11) is 0. The van der Waals surface area contributed by atoms with E-state index in [1.165, 1.54) is 11.1 Å². The number of hydrogen-bond acceptors (Lipinski definition) is 1. The summed E-state index contributed by atoms with van der Waals surface area (Å²) < 4.78 is 0. The molecule has 0 saturated carbocycles. The molecule has 0 radical (unpaired) electrons. The topological polar surface area (TPSA) is 12.0 Å². The molecule has 1 N–H and O–H groups in total. The van der Waals surface area contributed by atoms with Gasteiger partial charge in [-0.1, -0.05) is 66.7 Å². The molecule has 0 aliphatic rings. The van der Waals surface area contributed by atoms with Crippen molar-refractivity contribution < 1.29 is 0 Å². The lowest BCUT2D eigenvalue weighted by atomic mass is 9.97. The van der Waals surface area contributed by atoms with Crippen LogP contribution in [0, 0.1) is 0 Å². The Bertz CT molecular complexity index is 464. The molecule has 2 aromatic rings. The third kappa shape index (κ3) is 4.07. The minimum absolute atomic E-state index is 0.247. The van der Waals surface area contributed by atoms with Crippen LogP contribution in [-0.4, -0.2) is 6.04 Å². The predicted octanol–water partition coefficient (Wildman–Crippen LogP) is 4.72. The molecule has 0 aliphatic heterocycles. The fraction of sp³-hybridized carbons (Fsp3) is 0.263. The van der Waals surface area contributed by atoms with Crippen LogP contribution >= 0.6 is 0 Å². The zero-order valence-electron chi connectivity index (χ0n) is 12.1. The van der Waals surface area contributed by atoms with Gasteiger partial charge in [-0.15, -0.1) is 6.58 Å². The highest BCUT2D eigenvalue weighted by molar-refractivity contribution is 5.31. The maximum atomic E-state index is 3.80. The molecule has 0 spiro atoms. The molecule has 1 heteroatoms. The largest absolute Gasteiger partial charge is 0.304 e. The number of hydrogen-bond donors (Lipinski definition) is 1. The van der Waals surface area contributed by atoms with E-state index in [1.54, 1.807) is 0 Å². The van der Waals surface area contributed by atoms with Gasteiger partial charge in [0.15, 0.2) is 0 Å². The highest BCUT2D eigenvalue weighted by atomic mass is 14.9. The molecular formula is C19H23N. The van der Waals surface area contributed by atoms with Gasteiger partial charge in [0.2, 0.25) is 0 Å². The molecule has 0 fully saturated rings. The minimum Gasteiger partial charge on any atom is -0.304 e. The first-order valence-corrected chi connectivity index (χ1v) is 7.28. The molecule has 1 unspecified atom stereocenters. The standard InChI is InChI=1S/C19H23N/c1-3-4-11-16(2)20-19(17-12-7-5-8-13-17)18-14-9-6-10-15-18/h3,5-10,12-16,19-20H,1,4,11H2,2H3. The Labute approximate surface area is 122 Å². The minimum atomic E-state index is 0.247. The molecule has 2 aromatic carbocycles. The summed E-state index contributed by atoms with van der Waals surface area (Å²) in [5, 5.41) is 3.74. The zero-order chi connectivity index (χ0) is 14.2. The van der Waals surface area contributed by atoms with Gasteiger partial charge < -0.3 is 5.32 Å². The molecule has 1 atom stereocenters. The highest BCUT2D eigenvalue weighted by Gasteiger charge is 2.15. The summed E-state index contributed by atoms with van der Waals surface area (Å²) in [5.41, 5.74) is 2.62. The van der Waals surface area contributed by atoms with Crippen LogP contribution in [0.15, 0.2) is 73.3 Å². The number of benzene rings is 2. The van der Waals surface area contributed by atoms with Crippen molar-refractivity contribution in [3.8, 4) is 0 Å². The van der Waals surface area contributed by atoms with Crippen LogP contribution in [0.25, 0.3) is 0 Å². The van der Waals surface area contributed by atoms with Gasteiger partial charge in [0.1, 0.15) is 0 Å². The van der Waals surface area contributed by atoms with Gasteiger partial charge in [-0.05, 0) is 30.9 Å². The summed E-state index contributed by atoms with van der Waals surface area (Å²) in [5.74, 6) is 0. The molecule has 20 heavy (non-hydrogen) atoms. The van der Waals surface area contributed by atoms with Crippen molar-refractivity contribution in [3.05, 3.63) is 84.4 Å². The molecule has 0 aromatic heterocycles. The summed E-state index contributed by atoms with van der Waals surface area (Å²) in [6, 6.07) is 22.0. The van der Waals surface area contributed by atoms with Crippen molar-refractivity contribution in [1.82, 2.24) is 5.32 Å². The zero-order valence-corrected chi connectivity index (χ0v) is 12.1. The average Bonchev–Trinajstić information content (AvgIpc) is 2.52. The normalized spacial score (nSPS) is 12.3. The van der Waals surface area contributed by atoms with Gasteiger partial charge >= 0.3 is 0 Å². The lowest BCUT2D eigenvalue weighted by Gasteiger charge is -2.24. The Morgan fingerprint density at radius 2 is 1.45 bits per heavy atom. The molecule has 1 nitrogen and oxygen atoms in total. The van der Waals surface area contributed by atoms with Gasteiger partial charge in [0.25, 0.3) is 0 Å². The Balaban J connectivity index is 2.19. The van der Waals surface area contributed by atoms with Crippen LogP contribution in [0.3, 0.4) is 0 Å². The van der Waals surface area contributed by atoms with Crippen molar-refractivity contribution in [3.63, 3.8) is 0 Å². The van der Waals surface area contributed by atoms with E-state index in [0.29, 0.717) is 6.04 Å². The third-order valence-corrected chi connectivity index (χ3v) is 3.52. The van der Waals surface area contributed by atoms with Gasteiger partial charge in [-0.25, -0.2) is 0 Å². The van der Waals surface area contributed by atoms with Crippen LogP contribution in [0.1, 0.15) is 36.9 Å². The number of rotatable bonds is 7. The molecule has 0 saturated heterocycles. The van der Waals surface area contributed by atoms with E-state index in [4.69, 9.17) is 0 Å². The molecule has 104 valence electrons. The van der Waals surface area contributed by atoms with Gasteiger partial charge in [0.05, 0.1) is 6.04 Å². The van der Waals surface area contributed by atoms with Gasteiger partial charge in [0, 0.05) is 6.04 Å². The first-order valence-electron chi connectivity index (χ1n) is 7.28. The monoisotopic (exact) mass is 265 g/mol. The SMILES string of the molecule is C=CCCC(C)NC(c1ccccc1)c1ccccc1. The number of allylic oxidation sites excluding steroid dienone is 1. The second-order valence-corrected chi connectivity index (χ2v) is 5.19. The van der Waals surface area contributed by atoms with E-state index in [9.17, 15) is 0 Å². The van der Waals surface area contributed by atoms with E-state index >= 15 is 0 Å². The van der Waals surface area contributed by atoms with E-state index in [1.807, 2.05) is 6.08 Å². The van der Waals surface area contributed by atoms with E-state index in [2.05, 4.69) is 79.5 Å². The molecule has 0 heterocycles. The van der Waals surface area contributed by atoms with E-state index in [0.717, 1.165) is 12.8 Å². The second-order valence-electron chi connectivity index (χ2n) is 5.19. The van der Waals surface area contributed by atoms with E-state index < -0.39 is 0 Å².